The topological polar surface area (TPSA) is 25.8 Å². The largest absolute Gasteiger partial charge is 0.228 e. The fourth-order valence-corrected chi connectivity index (χ4v) is 7.41. The van der Waals surface area contributed by atoms with Gasteiger partial charge in [-0.05, 0) is 72.8 Å². The van der Waals surface area contributed by atoms with Gasteiger partial charge in [-0.3, -0.25) is 0 Å². The van der Waals surface area contributed by atoms with Crippen LogP contribution in [0.25, 0.3) is 77.3 Å². The Bertz CT molecular complexity index is 2450. The Morgan fingerprint density at radius 2 is 1.07 bits per heavy atom. The fraction of sp³-hybridized carbons (Fsp3) is 0.0698. The summed E-state index contributed by atoms with van der Waals surface area (Å²) in [6.45, 7) is 4.65. The first kappa shape index (κ1) is 25.9. The zero-order valence-corrected chi connectivity index (χ0v) is 25.3. The summed E-state index contributed by atoms with van der Waals surface area (Å²) in [6.07, 6.45) is 0. The first-order chi connectivity index (χ1) is 22.1. The average Bonchev–Trinajstić information content (AvgIpc) is 3.33. The Balaban J connectivity index is 1.31. The fourth-order valence-electron chi connectivity index (χ4n) is 7.41. The summed E-state index contributed by atoms with van der Waals surface area (Å²) in [5, 5.41) is 7.42. The van der Waals surface area contributed by atoms with Crippen molar-refractivity contribution >= 4 is 32.3 Å². The van der Waals surface area contributed by atoms with Gasteiger partial charge in [0.15, 0.2) is 5.82 Å². The molecule has 1 heterocycles. The number of benzene rings is 7. The maximum atomic E-state index is 5.25. The standard InChI is InChI=1S/C43H30N2/c1-43(2)37-20-9-8-16-34(37)41-35(19-11-21-38(41)43)40-26-39(44-42(45-40)27-12-4-3-5-13-27)33-18-10-17-31-32(33)23-22-30-24-28-14-6-7-15-29(28)25-36(30)31/h3-26H,1-2H3. The van der Waals surface area contributed by atoms with E-state index in [0.717, 1.165) is 33.9 Å². The molecule has 45 heavy (non-hydrogen) atoms. The summed E-state index contributed by atoms with van der Waals surface area (Å²) >= 11 is 0. The molecule has 9 rings (SSSR count). The van der Waals surface area contributed by atoms with E-state index < -0.39 is 0 Å². The molecule has 1 aliphatic rings. The van der Waals surface area contributed by atoms with Crippen molar-refractivity contribution in [3.05, 3.63) is 157 Å². The van der Waals surface area contributed by atoms with Gasteiger partial charge in [0, 0.05) is 22.1 Å². The highest BCUT2D eigenvalue weighted by atomic mass is 14.9. The van der Waals surface area contributed by atoms with Crippen molar-refractivity contribution in [3.8, 4) is 45.0 Å². The van der Waals surface area contributed by atoms with Gasteiger partial charge in [0.1, 0.15) is 0 Å². The summed E-state index contributed by atoms with van der Waals surface area (Å²) in [6, 6.07) is 52.3. The SMILES string of the molecule is CC1(C)c2ccccc2-c2c(-c3cc(-c4cccc5c4ccc4cc6ccccc6cc45)nc(-c4ccccc4)n3)cccc21. The van der Waals surface area contributed by atoms with Crippen molar-refractivity contribution in [3.63, 3.8) is 0 Å². The minimum Gasteiger partial charge on any atom is -0.228 e. The third-order valence-corrected chi connectivity index (χ3v) is 9.66. The Morgan fingerprint density at radius 3 is 1.91 bits per heavy atom. The Kier molecular flexibility index (Phi) is 5.58. The van der Waals surface area contributed by atoms with Crippen LogP contribution in [-0.4, -0.2) is 9.97 Å². The van der Waals surface area contributed by atoms with Crippen LogP contribution >= 0.6 is 0 Å². The van der Waals surface area contributed by atoms with Crippen LogP contribution < -0.4 is 0 Å². The van der Waals surface area contributed by atoms with Crippen molar-refractivity contribution in [1.82, 2.24) is 9.97 Å². The van der Waals surface area contributed by atoms with Gasteiger partial charge in [-0.2, -0.15) is 0 Å². The predicted octanol–water partition coefficient (Wildman–Crippen LogP) is 11.2. The van der Waals surface area contributed by atoms with Crippen LogP contribution in [0.5, 0.6) is 0 Å². The zero-order chi connectivity index (χ0) is 30.1. The van der Waals surface area contributed by atoms with Gasteiger partial charge in [0.25, 0.3) is 0 Å². The van der Waals surface area contributed by atoms with Crippen LogP contribution in [0.1, 0.15) is 25.0 Å². The van der Waals surface area contributed by atoms with Gasteiger partial charge in [-0.25, -0.2) is 9.97 Å². The van der Waals surface area contributed by atoms with E-state index in [-0.39, 0.29) is 5.41 Å². The number of aromatic nitrogens is 2. The number of nitrogens with zero attached hydrogens (tertiary/aromatic N) is 2. The molecule has 0 N–H and O–H groups in total. The molecule has 0 saturated carbocycles. The smallest absolute Gasteiger partial charge is 0.160 e. The van der Waals surface area contributed by atoms with Crippen LogP contribution in [0.15, 0.2) is 146 Å². The first-order valence-electron chi connectivity index (χ1n) is 15.6. The predicted molar refractivity (Wildman–Crippen MR) is 188 cm³/mol. The molecule has 1 aromatic heterocycles. The van der Waals surface area contributed by atoms with Gasteiger partial charge in [0.2, 0.25) is 0 Å². The Labute approximate surface area is 262 Å². The summed E-state index contributed by atoms with van der Waals surface area (Å²) in [5.74, 6) is 0.732. The number of fused-ring (bicyclic) bond motifs is 7. The van der Waals surface area contributed by atoms with E-state index in [2.05, 4.69) is 153 Å². The van der Waals surface area contributed by atoms with Crippen LogP contribution in [0.3, 0.4) is 0 Å². The highest BCUT2D eigenvalue weighted by Gasteiger charge is 2.36. The Hall–Kier alpha value is -5.60. The maximum Gasteiger partial charge on any atom is 0.160 e. The molecule has 2 heteroatoms. The van der Waals surface area contributed by atoms with Gasteiger partial charge >= 0.3 is 0 Å². The van der Waals surface area contributed by atoms with Crippen molar-refractivity contribution in [2.24, 2.45) is 0 Å². The van der Waals surface area contributed by atoms with Gasteiger partial charge < -0.3 is 0 Å². The molecule has 2 nitrogen and oxygen atoms in total. The van der Waals surface area contributed by atoms with E-state index >= 15 is 0 Å². The normalized spacial score (nSPS) is 13.3. The zero-order valence-electron chi connectivity index (χ0n) is 25.3. The lowest BCUT2D eigenvalue weighted by molar-refractivity contribution is 0.660. The minimum absolute atomic E-state index is 0.0824. The van der Waals surface area contributed by atoms with Gasteiger partial charge in [-0.1, -0.05) is 141 Å². The summed E-state index contributed by atoms with van der Waals surface area (Å²) in [5.41, 5.74) is 10.3. The monoisotopic (exact) mass is 574 g/mol. The molecule has 0 atom stereocenters. The van der Waals surface area contributed by atoms with Crippen molar-refractivity contribution in [2.75, 3.05) is 0 Å². The average molecular weight is 575 g/mol. The molecule has 0 amide bonds. The quantitative estimate of drug-likeness (QED) is 0.155. The summed E-state index contributed by atoms with van der Waals surface area (Å²) < 4.78 is 0. The lowest BCUT2D eigenvalue weighted by Crippen LogP contribution is -2.14. The molecule has 0 bridgehead atoms. The molecule has 212 valence electrons. The Morgan fingerprint density at radius 1 is 0.422 bits per heavy atom. The highest BCUT2D eigenvalue weighted by Crippen LogP contribution is 2.52. The second kappa shape index (κ2) is 9.70. The minimum atomic E-state index is -0.0824. The second-order valence-corrected chi connectivity index (χ2v) is 12.6. The van der Waals surface area contributed by atoms with Gasteiger partial charge in [0.05, 0.1) is 11.4 Å². The van der Waals surface area contributed by atoms with E-state index in [0.29, 0.717) is 0 Å². The molecule has 8 aromatic rings. The van der Waals surface area contributed by atoms with Crippen LogP contribution in [0.4, 0.5) is 0 Å². The first-order valence-corrected chi connectivity index (χ1v) is 15.6. The lowest BCUT2D eigenvalue weighted by Gasteiger charge is -2.21. The third-order valence-electron chi connectivity index (χ3n) is 9.66. The van der Waals surface area contributed by atoms with Crippen molar-refractivity contribution in [1.29, 1.82) is 0 Å². The number of hydrogen-bond acceptors (Lipinski definition) is 2. The number of hydrogen-bond donors (Lipinski definition) is 0. The maximum absolute atomic E-state index is 5.25. The molecule has 1 aliphatic carbocycles. The molecule has 0 aliphatic heterocycles. The van der Waals surface area contributed by atoms with E-state index in [1.165, 1.54) is 54.6 Å². The third kappa shape index (κ3) is 3.96. The van der Waals surface area contributed by atoms with Crippen LogP contribution in [0.2, 0.25) is 0 Å². The highest BCUT2D eigenvalue weighted by molar-refractivity contribution is 6.15. The van der Waals surface area contributed by atoms with Crippen molar-refractivity contribution in [2.45, 2.75) is 19.3 Å². The van der Waals surface area contributed by atoms with E-state index in [1.807, 2.05) is 6.07 Å². The number of rotatable bonds is 3. The molecule has 0 spiro atoms. The molecular formula is C43H30N2. The molecule has 7 aromatic carbocycles. The molecule has 0 radical (unpaired) electrons. The van der Waals surface area contributed by atoms with Crippen LogP contribution in [-0.2, 0) is 5.41 Å². The lowest BCUT2D eigenvalue weighted by atomic mass is 9.82. The second-order valence-electron chi connectivity index (χ2n) is 12.6. The van der Waals surface area contributed by atoms with E-state index in [1.54, 1.807) is 0 Å². The molecular weight excluding hydrogens is 544 g/mol. The molecule has 0 saturated heterocycles. The molecule has 0 fully saturated rings. The summed E-state index contributed by atoms with van der Waals surface area (Å²) in [4.78, 5) is 10.5. The van der Waals surface area contributed by atoms with Crippen LogP contribution in [0, 0.1) is 0 Å². The summed E-state index contributed by atoms with van der Waals surface area (Å²) in [7, 11) is 0. The van der Waals surface area contributed by atoms with Crippen molar-refractivity contribution < 1.29 is 0 Å². The molecule has 0 unspecified atom stereocenters. The van der Waals surface area contributed by atoms with E-state index in [4.69, 9.17) is 9.97 Å². The van der Waals surface area contributed by atoms with E-state index in [9.17, 15) is 0 Å². The van der Waals surface area contributed by atoms with Gasteiger partial charge in [-0.15, -0.1) is 0 Å².